The number of hydrogen-bond acceptors (Lipinski definition) is 4. The number of morpholine rings is 1. The van der Waals surface area contributed by atoms with E-state index in [0.717, 1.165) is 16.8 Å². The maximum Gasteiger partial charge on any atom is 0.255 e. The molecule has 1 fully saturated rings. The number of sulfonamides is 1. The number of rotatable bonds is 4. The van der Waals surface area contributed by atoms with Gasteiger partial charge in [-0.1, -0.05) is 12.1 Å². The Balaban J connectivity index is 1.77. The van der Waals surface area contributed by atoms with Crippen molar-refractivity contribution < 1.29 is 17.9 Å². The van der Waals surface area contributed by atoms with Gasteiger partial charge in [0.2, 0.25) is 10.0 Å². The van der Waals surface area contributed by atoms with Crippen molar-refractivity contribution >= 4 is 21.6 Å². The second-order valence-corrected chi connectivity index (χ2v) is 9.24. The minimum Gasteiger partial charge on any atom is -0.373 e. The Hall–Kier alpha value is -2.22. The molecule has 1 N–H and O–H groups in total. The lowest BCUT2D eigenvalue weighted by atomic mass is 10.1. The summed E-state index contributed by atoms with van der Waals surface area (Å²) in [6, 6.07) is 11.8. The summed E-state index contributed by atoms with van der Waals surface area (Å²) in [5, 5.41) is 2.89. The van der Waals surface area contributed by atoms with Crippen molar-refractivity contribution in [2.75, 3.05) is 18.4 Å². The lowest BCUT2D eigenvalue weighted by Crippen LogP contribution is -2.48. The van der Waals surface area contributed by atoms with Crippen LogP contribution in [-0.4, -0.2) is 43.9 Å². The monoisotopic (exact) mass is 402 g/mol. The molecular formula is C21H26N2O4S. The van der Waals surface area contributed by atoms with Crippen molar-refractivity contribution in [3.8, 4) is 0 Å². The van der Waals surface area contributed by atoms with E-state index in [9.17, 15) is 13.2 Å². The van der Waals surface area contributed by atoms with E-state index in [-0.39, 0.29) is 23.0 Å². The Morgan fingerprint density at radius 3 is 2.25 bits per heavy atom. The van der Waals surface area contributed by atoms with Crippen molar-refractivity contribution in [2.24, 2.45) is 0 Å². The first-order chi connectivity index (χ1) is 13.2. The van der Waals surface area contributed by atoms with Crippen molar-refractivity contribution in [3.05, 3.63) is 59.2 Å². The fraction of sp³-hybridized carbons (Fsp3) is 0.381. The predicted octanol–water partition coefficient (Wildman–Crippen LogP) is 3.35. The molecule has 7 heteroatoms. The molecule has 0 unspecified atom stereocenters. The highest BCUT2D eigenvalue weighted by atomic mass is 32.2. The van der Waals surface area contributed by atoms with Gasteiger partial charge in [-0.3, -0.25) is 4.79 Å². The van der Waals surface area contributed by atoms with Gasteiger partial charge in [0.05, 0.1) is 17.1 Å². The van der Waals surface area contributed by atoms with E-state index in [2.05, 4.69) is 5.32 Å². The summed E-state index contributed by atoms with van der Waals surface area (Å²) >= 11 is 0. The Bertz CT molecular complexity index is 960. The quantitative estimate of drug-likeness (QED) is 0.851. The number of nitrogens with zero attached hydrogens (tertiary/aromatic N) is 1. The first-order valence-electron chi connectivity index (χ1n) is 9.31. The van der Waals surface area contributed by atoms with E-state index in [1.165, 1.54) is 16.4 Å². The molecule has 0 bridgehead atoms. The third kappa shape index (κ3) is 4.27. The summed E-state index contributed by atoms with van der Waals surface area (Å²) in [7, 11) is -3.62. The molecule has 2 aromatic rings. The first-order valence-corrected chi connectivity index (χ1v) is 10.8. The van der Waals surface area contributed by atoms with Gasteiger partial charge < -0.3 is 10.1 Å². The maximum absolute atomic E-state index is 12.9. The minimum atomic E-state index is -3.62. The van der Waals surface area contributed by atoms with Crippen LogP contribution in [0, 0.1) is 13.8 Å². The van der Waals surface area contributed by atoms with E-state index in [4.69, 9.17) is 4.74 Å². The molecule has 2 aromatic carbocycles. The molecule has 28 heavy (non-hydrogen) atoms. The molecule has 6 nitrogen and oxygen atoms in total. The summed E-state index contributed by atoms with van der Waals surface area (Å²) in [5.74, 6) is -0.272. The van der Waals surface area contributed by atoms with E-state index in [1.807, 2.05) is 45.9 Å². The Kier molecular flexibility index (Phi) is 5.88. The SMILES string of the molecule is Cc1cccc(NC(=O)c2ccc(S(=O)(=O)N3C[C@@H](C)O[C@@H](C)C3)cc2)c1C. The van der Waals surface area contributed by atoms with Crippen molar-refractivity contribution in [2.45, 2.75) is 44.8 Å². The Labute approximate surface area is 166 Å². The number of aryl methyl sites for hydroxylation is 1. The van der Waals surface area contributed by atoms with Crippen LogP contribution in [0.4, 0.5) is 5.69 Å². The van der Waals surface area contributed by atoms with Crippen LogP contribution >= 0.6 is 0 Å². The highest BCUT2D eigenvalue weighted by Gasteiger charge is 2.32. The van der Waals surface area contributed by atoms with Crippen LogP contribution in [0.25, 0.3) is 0 Å². The highest BCUT2D eigenvalue weighted by Crippen LogP contribution is 2.22. The number of amides is 1. The molecule has 0 aliphatic carbocycles. The third-order valence-corrected chi connectivity index (χ3v) is 6.84. The lowest BCUT2D eigenvalue weighted by molar-refractivity contribution is -0.0440. The summed E-state index contributed by atoms with van der Waals surface area (Å²) in [5.41, 5.74) is 3.25. The second-order valence-electron chi connectivity index (χ2n) is 7.31. The van der Waals surface area contributed by atoms with Crippen LogP contribution in [-0.2, 0) is 14.8 Å². The average Bonchev–Trinajstić information content (AvgIpc) is 2.64. The molecule has 1 amide bonds. The summed E-state index contributed by atoms with van der Waals surface area (Å²) in [6.07, 6.45) is -0.303. The van der Waals surface area contributed by atoms with Crippen molar-refractivity contribution in [3.63, 3.8) is 0 Å². The maximum atomic E-state index is 12.9. The second kappa shape index (κ2) is 8.03. The molecule has 0 spiro atoms. The zero-order valence-electron chi connectivity index (χ0n) is 16.6. The molecule has 1 heterocycles. The molecule has 1 aliphatic heterocycles. The van der Waals surface area contributed by atoms with Crippen molar-refractivity contribution in [1.82, 2.24) is 4.31 Å². The number of anilines is 1. The number of hydrogen-bond donors (Lipinski definition) is 1. The van der Waals surface area contributed by atoms with Gasteiger partial charge in [0, 0.05) is 24.3 Å². The van der Waals surface area contributed by atoms with E-state index in [0.29, 0.717) is 18.7 Å². The number of carbonyl (C=O) groups excluding carboxylic acids is 1. The zero-order valence-corrected chi connectivity index (χ0v) is 17.4. The summed E-state index contributed by atoms with van der Waals surface area (Å²) in [6.45, 7) is 8.30. The molecule has 0 saturated carbocycles. The number of ether oxygens (including phenoxy) is 1. The lowest BCUT2D eigenvalue weighted by Gasteiger charge is -2.34. The smallest absolute Gasteiger partial charge is 0.255 e. The standard InChI is InChI=1S/C21H26N2O4S/c1-14-6-5-7-20(17(14)4)22-21(24)18-8-10-19(11-9-18)28(25,26)23-12-15(2)27-16(3)13-23/h5-11,15-16H,12-13H2,1-4H3,(H,22,24)/t15-,16+. The number of benzene rings is 2. The average molecular weight is 403 g/mol. The Morgan fingerprint density at radius 1 is 1.04 bits per heavy atom. The van der Waals surface area contributed by atoms with Crippen LogP contribution in [0.3, 0.4) is 0 Å². The van der Waals surface area contributed by atoms with Gasteiger partial charge in [0.15, 0.2) is 0 Å². The minimum absolute atomic E-state index is 0.152. The van der Waals surface area contributed by atoms with Gasteiger partial charge in [-0.25, -0.2) is 8.42 Å². The topological polar surface area (TPSA) is 75.7 Å². The van der Waals surface area contributed by atoms with Gasteiger partial charge in [-0.2, -0.15) is 4.31 Å². The summed E-state index contributed by atoms with van der Waals surface area (Å²) < 4.78 is 32.9. The molecule has 1 aliphatic rings. The molecule has 1 saturated heterocycles. The van der Waals surface area contributed by atoms with Crippen LogP contribution in [0.2, 0.25) is 0 Å². The van der Waals surface area contributed by atoms with E-state index >= 15 is 0 Å². The van der Waals surface area contributed by atoms with Gasteiger partial charge in [0.1, 0.15) is 0 Å². The van der Waals surface area contributed by atoms with E-state index in [1.54, 1.807) is 12.1 Å². The third-order valence-electron chi connectivity index (χ3n) is 4.99. The summed E-state index contributed by atoms with van der Waals surface area (Å²) in [4.78, 5) is 12.7. The van der Waals surface area contributed by atoms with E-state index < -0.39 is 10.0 Å². The highest BCUT2D eigenvalue weighted by molar-refractivity contribution is 7.89. The van der Waals surface area contributed by atoms with Gasteiger partial charge in [-0.05, 0) is 69.2 Å². The fourth-order valence-corrected chi connectivity index (χ4v) is 4.93. The molecule has 3 rings (SSSR count). The van der Waals surface area contributed by atoms with Gasteiger partial charge in [-0.15, -0.1) is 0 Å². The molecule has 0 aromatic heterocycles. The van der Waals surface area contributed by atoms with Crippen LogP contribution < -0.4 is 5.32 Å². The zero-order chi connectivity index (χ0) is 20.5. The number of nitrogens with one attached hydrogen (secondary N) is 1. The molecule has 2 atom stereocenters. The van der Waals surface area contributed by atoms with Crippen LogP contribution in [0.1, 0.15) is 35.3 Å². The predicted molar refractivity (Wildman–Crippen MR) is 109 cm³/mol. The van der Waals surface area contributed by atoms with Gasteiger partial charge >= 0.3 is 0 Å². The normalized spacial score (nSPS) is 20.7. The first kappa shape index (κ1) is 20.5. The number of carbonyl (C=O) groups is 1. The Morgan fingerprint density at radius 2 is 1.64 bits per heavy atom. The molecule has 150 valence electrons. The van der Waals surface area contributed by atoms with Gasteiger partial charge in [0.25, 0.3) is 5.91 Å². The molecular weight excluding hydrogens is 376 g/mol. The van der Waals surface area contributed by atoms with Crippen LogP contribution in [0.5, 0.6) is 0 Å². The van der Waals surface area contributed by atoms with Crippen LogP contribution in [0.15, 0.2) is 47.4 Å². The van der Waals surface area contributed by atoms with Crippen molar-refractivity contribution in [1.29, 1.82) is 0 Å². The fourth-order valence-electron chi connectivity index (χ4n) is 3.34. The molecule has 0 radical (unpaired) electrons. The largest absolute Gasteiger partial charge is 0.373 e.